The Bertz CT molecular complexity index is 621. The van der Waals surface area contributed by atoms with Crippen LogP contribution >= 0.6 is 0 Å². The zero-order valence-electron chi connectivity index (χ0n) is 13.6. The van der Waals surface area contributed by atoms with E-state index in [0.29, 0.717) is 51.6 Å². The lowest BCUT2D eigenvalue weighted by atomic mass is 10.0. The third-order valence-electron chi connectivity index (χ3n) is 4.42. The molecule has 1 aromatic rings. The molecule has 1 aromatic carbocycles. The number of aryl methyl sites for hydroxylation is 1. The van der Waals surface area contributed by atoms with Gasteiger partial charge in [0.15, 0.2) is 11.5 Å². The molecule has 124 valence electrons. The van der Waals surface area contributed by atoms with Crippen molar-refractivity contribution in [2.75, 3.05) is 39.4 Å². The average molecular weight is 318 g/mol. The molecule has 0 atom stereocenters. The fraction of sp³-hybridized carbons (Fsp3) is 0.529. The van der Waals surface area contributed by atoms with E-state index >= 15 is 0 Å². The van der Waals surface area contributed by atoms with Crippen LogP contribution in [0.2, 0.25) is 0 Å². The van der Waals surface area contributed by atoms with Crippen LogP contribution < -0.4 is 9.47 Å². The van der Waals surface area contributed by atoms with Gasteiger partial charge in [-0.25, -0.2) is 0 Å². The Labute approximate surface area is 136 Å². The summed E-state index contributed by atoms with van der Waals surface area (Å²) in [6, 6.07) is 3.85. The summed E-state index contributed by atoms with van der Waals surface area (Å²) in [4.78, 5) is 27.5. The fourth-order valence-corrected chi connectivity index (χ4v) is 2.97. The van der Waals surface area contributed by atoms with Crippen molar-refractivity contribution >= 4 is 11.8 Å². The molecule has 0 aromatic heterocycles. The van der Waals surface area contributed by atoms with Crippen LogP contribution in [0.1, 0.15) is 18.1 Å². The minimum absolute atomic E-state index is 0.0692. The highest BCUT2D eigenvalue weighted by Gasteiger charge is 2.23. The van der Waals surface area contributed by atoms with Gasteiger partial charge < -0.3 is 19.3 Å². The number of hydrogen-bond acceptors (Lipinski definition) is 4. The first-order valence-corrected chi connectivity index (χ1v) is 7.97. The molecule has 2 aliphatic rings. The molecule has 1 fully saturated rings. The molecule has 0 aliphatic carbocycles. The number of carbonyl (C=O) groups excluding carboxylic acids is 2. The Balaban J connectivity index is 1.65. The van der Waals surface area contributed by atoms with Gasteiger partial charge in [-0.1, -0.05) is 0 Å². The fourth-order valence-electron chi connectivity index (χ4n) is 2.97. The number of rotatable bonds is 2. The molecular formula is C17H22N2O4. The summed E-state index contributed by atoms with van der Waals surface area (Å²) in [7, 11) is 0. The molecule has 6 heteroatoms. The maximum Gasteiger partial charge on any atom is 0.227 e. The summed E-state index contributed by atoms with van der Waals surface area (Å²) in [5.41, 5.74) is 2.00. The van der Waals surface area contributed by atoms with Crippen LogP contribution in [0.15, 0.2) is 12.1 Å². The van der Waals surface area contributed by atoms with Crippen LogP contribution in [0.3, 0.4) is 0 Å². The number of ether oxygens (including phenoxy) is 2. The van der Waals surface area contributed by atoms with Crippen molar-refractivity contribution in [1.29, 1.82) is 0 Å². The van der Waals surface area contributed by atoms with Crippen LogP contribution in [0.4, 0.5) is 0 Å². The Morgan fingerprint density at radius 3 is 2.17 bits per heavy atom. The molecule has 0 saturated carbocycles. The minimum atomic E-state index is 0.0692. The van der Waals surface area contributed by atoms with Gasteiger partial charge in [0, 0.05) is 33.1 Å². The molecule has 23 heavy (non-hydrogen) atoms. The van der Waals surface area contributed by atoms with Crippen LogP contribution in [0.5, 0.6) is 11.5 Å². The van der Waals surface area contributed by atoms with Crippen molar-refractivity contribution in [2.24, 2.45) is 0 Å². The highest BCUT2D eigenvalue weighted by atomic mass is 16.6. The molecule has 6 nitrogen and oxygen atoms in total. The third kappa shape index (κ3) is 3.41. The lowest BCUT2D eigenvalue weighted by molar-refractivity contribution is -0.138. The van der Waals surface area contributed by atoms with Gasteiger partial charge >= 0.3 is 0 Å². The van der Waals surface area contributed by atoms with Crippen molar-refractivity contribution in [3.63, 3.8) is 0 Å². The lowest BCUT2D eigenvalue weighted by Gasteiger charge is -2.34. The predicted molar refractivity (Wildman–Crippen MR) is 84.7 cm³/mol. The van der Waals surface area contributed by atoms with Crippen LogP contribution in [-0.2, 0) is 16.0 Å². The van der Waals surface area contributed by atoms with E-state index in [9.17, 15) is 9.59 Å². The normalized spacial score (nSPS) is 17.1. The van der Waals surface area contributed by atoms with Crippen molar-refractivity contribution in [1.82, 2.24) is 9.80 Å². The van der Waals surface area contributed by atoms with E-state index in [1.54, 1.807) is 11.8 Å². The van der Waals surface area contributed by atoms with Gasteiger partial charge in [-0.15, -0.1) is 0 Å². The van der Waals surface area contributed by atoms with E-state index in [0.717, 1.165) is 16.9 Å². The molecule has 2 heterocycles. The summed E-state index contributed by atoms with van der Waals surface area (Å²) in [5, 5.41) is 0. The third-order valence-corrected chi connectivity index (χ3v) is 4.42. The first-order valence-electron chi connectivity index (χ1n) is 7.97. The molecule has 0 N–H and O–H groups in total. The van der Waals surface area contributed by atoms with Gasteiger partial charge in [-0.2, -0.15) is 0 Å². The zero-order chi connectivity index (χ0) is 16.4. The van der Waals surface area contributed by atoms with E-state index in [1.165, 1.54) is 0 Å². The van der Waals surface area contributed by atoms with Gasteiger partial charge in [0.05, 0.1) is 6.42 Å². The number of nitrogens with zero attached hydrogens (tertiary/aromatic N) is 2. The van der Waals surface area contributed by atoms with E-state index in [-0.39, 0.29) is 11.8 Å². The van der Waals surface area contributed by atoms with Gasteiger partial charge in [-0.3, -0.25) is 9.59 Å². The minimum Gasteiger partial charge on any atom is -0.486 e. The Hall–Kier alpha value is -2.24. The highest BCUT2D eigenvalue weighted by Crippen LogP contribution is 2.33. The van der Waals surface area contributed by atoms with Gasteiger partial charge in [0.1, 0.15) is 13.2 Å². The van der Waals surface area contributed by atoms with E-state index < -0.39 is 0 Å². The summed E-state index contributed by atoms with van der Waals surface area (Å²) < 4.78 is 11.1. The largest absolute Gasteiger partial charge is 0.486 e. The SMILES string of the molecule is CC(=O)N1CCN(C(=O)Cc2cc3c(cc2C)OCCO3)CC1. The first-order chi connectivity index (χ1) is 11.0. The van der Waals surface area contributed by atoms with E-state index in [1.807, 2.05) is 24.0 Å². The van der Waals surface area contributed by atoms with Crippen LogP contribution in [0, 0.1) is 6.92 Å². The Morgan fingerprint density at radius 2 is 1.57 bits per heavy atom. The Kier molecular flexibility index (Phi) is 4.41. The molecule has 0 unspecified atom stereocenters. The first kappa shape index (κ1) is 15.6. The maximum atomic E-state index is 12.5. The molecule has 0 radical (unpaired) electrons. The number of piperazine rings is 1. The second-order valence-electron chi connectivity index (χ2n) is 5.99. The van der Waals surface area contributed by atoms with Crippen molar-refractivity contribution in [3.05, 3.63) is 23.3 Å². The monoisotopic (exact) mass is 318 g/mol. The quantitative estimate of drug-likeness (QED) is 0.816. The smallest absolute Gasteiger partial charge is 0.227 e. The summed E-state index contributed by atoms with van der Waals surface area (Å²) in [6.45, 7) is 7.07. The predicted octanol–water partition coefficient (Wildman–Crippen LogP) is 0.999. The summed E-state index contributed by atoms with van der Waals surface area (Å²) in [5.74, 6) is 1.62. The molecule has 0 spiro atoms. The van der Waals surface area contributed by atoms with Crippen LogP contribution in [0.25, 0.3) is 0 Å². The number of benzene rings is 1. The maximum absolute atomic E-state index is 12.5. The van der Waals surface area contributed by atoms with Crippen molar-refractivity contribution < 1.29 is 19.1 Å². The number of amides is 2. The number of carbonyl (C=O) groups is 2. The highest BCUT2D eigenvalue weighted by molar-refractivity contribution is 5.80. The second kappa shape index (κ2) is 6.48. The standard InChI is InChI=1S/C17H22N2O4/c1-12-9-15-16(23-8-7-22-15)10-14(12)11-17(21)19-5-3-18(4-6-19)13(2)20/h9-10H,3-8,11H2,1-2H3. The molecular weight excluding hydrogens is 296 g/mol. The Morgan fingerprint density at radius 1 is 1.00 bits per heavy atom. The van der Waals surface area contributed by atoms with E-state index in [4.69, 9.17) is 9.47 Å². The number of hydrogen-bond donors (Lipinski definition) is 0. The number of fused-ring (bicyclic) bond motifs is 1. The van der Waals surface area contributed by atoms with Crippen LogP contribution in [-0.4, -0.2) is 61.0 Å². The molecule has 3 rings (SSSR count). The second-order valence-corrected chi connectivity index (χ2v) is 5.99. The lowest BCUT2D eigenvalue weighted by Crippen LogP contribution is -2.50. The zero-order valence-corrected chi connectivity index (χ0v) is 13.6. The van der Waals surface area contributed by atoms with Gasteiger partial charge in [0.25, 0.3) is 0 Å². The molecule has 0 bridgehead atoms. The topological polar surface area (TPSA) is 59.1 Å². The van der Waals surface area contributed by atoms with Crippen molar-refractivity contribution in [3.8, 4) is 11.5 Å². The average Bonchev–Trinajstić information content (AvgIpc) is 2.55. The van der Waals surface area contributed by atoms with Crippen molar-refractivity contribution in [2.45, 2.75) is 20.3 Å². The molecule has 1 saturated heterocycles. The molecule has 2 amide bonds. The van der Waals surface area contributed by atoms with Gasteiger partial charge in [0.2, 0.25) is 11.8 Å². The molecule has 2 aliphatic heterocycles. The summed E-state index contributed by atoms with van der Waals surface area (Å²) >= 11 is 0. The summed E-state index contributed by atoms with van der Waals surface area (Å²) in [6.07, 6.45) is 0.350. The van der Waals surface area contributed by atoms with Gasteiger partial charge in [-0.05, 0) is 30.2 Å². The van der Waals surface area contributed by atoms with E-state index in [2.05, 4.69) is 0 Å².